The van der Waals surface area contributed by atoms with Gasteiger partial charge in [-0.1, -0.05) is 11.3 Å². The molecule has 1 atom stereocenters. The van der Waals surface area contributed by atoms with Crippen LogP contribution in [0.1, 0.15) is 33.0 Å². The molecule has 100 valence electrons. The molecule has 3 N–H and O–H groups in total. The molecular formula is C12H14N4O2S. The number of hydrogen-bond acceptors (Lipinski definition) is 5. The van der Waals surface area contributed by atoms with Gasteiger partial charge in [-0.2, -0.15) is 5.10 Å². The molecule has 2 aromatic rings. The Bertz CT molecular complexity index is 646. The summed E-state index contributed by atoms with van der Waals surface area (Å²) in [6, 6.07) is 0.192. The van der Waals surface area contributed by atoms with Crippen molar-refractivity contribution in [2.45, 2.75) is 32.2 Å². The van der Waals surface area contributed by atoms with Gasteiger partial charge in [0, 0.05) is 12.2 Å². The zero-order chi connectivity index (χ0) is 13.6. The maximum Gasteiger partial charge on any atom is 0.347 e. The highest BCUT2D eigenvalue weighted by Gasteiger charge is 2.21. The summed E-state index contributed by atoms with van der Waals surface area (Å²) in [6.45, 7) is 1.70. The summed E-state index contributed by atoms with van der Waals surface area (Å²) in [5.74, 6) is -0.944. The first-order valence-electron chi connectivity index (χ1n) is 6.08. The van der Waals surface area contributed by atoms with Gasteiger partial charge in [-0.25, -0.2) is 14.5 Å². The maximum atomic E-state index is 11.0. The molecule has 6 nitrogen and oxygen atoms in total. The molecule has 1 unspecified atom stereocenters. The number of nitrogens with zero attached hydrogens (tertiary/aromatic N) is 3. The van der Waals surface area contributed by atoms with Crippen LogP contribution < -0.4 is 5.73 Å². The summed E-state index contributed by atoms with van der Waals surface area (Å²) in [5.41, 5.74) is 8.65. The van der Waals surface area contributed by atoms with Crippen molar-refractivity contribution >= 4 is 17.3 Å². The van der Waals surface area contributed by atoms with Gasteiger partial charge >= 0.3 is 5.97 Å². The van der Waals surface area contributed by atoms with Crippen molar-refractivity contribution in [2.75, 3.05) is 0 Å². The number of rotatable bonds is 2. The normalized spacial score (nSPS) is 18.3. The second kappa shape index (κ2) is 4.43. The largest absolute Gasteiger partial charge is 0.477 e. The van der Waals surface area contributed by atoms with Crippen molar-refractivity contribution in [3.63, 3.8) is 0 Å². The molecule has 0 radical (unpaired) electrons. The van der Waals surface area contributed by atoms with Crippen LogP contribution in [-0.4, -0.2) is 31.9 Å². The number of hydrogen-bond donors (Lipinski definition) is 2. The zero-order valence-electron chi connectivity index (χ0n) is 10.5. The third-order valence-corrected chi connectivity index (χ3v) is 4.42. The van der Waals surface area contributed by atoms with E-state index in [2.05, 4.69) is 10.1 Å². The van der Waals surface area contributed by atoms with Gasteiger partial charge in [0.2, 0.25) is 5.13 Å². The van der Waals surface area contributed by atoms with Crippen LogP contribution in [0.15, 0.2) is 6.20 Å². The van der Waals surface area contributed by atoms with Gasteiger partial charge < -0.3 is 10.8 Å². The summed E-state index contributed by atoms with van der Waals surface area (Å²) in [5, 5.41) is 14.1. The van der Waals surface area contributed by atoms with Crippen molar-refractivity contribution in [2.24, 2.45) is 5.73 Å². The molecule has 0 saturated heterocycles. The van der Waals surface area contributed by atoms with E-state index in [0.29, 0.717) is 10.8 Å². The average molecular weight is 278 g/mol. The molecule has 3 rings (SSSR count). The lowest BCUT2D eigenvalue weighted by molar-refractivity contribution is 0.0701. The van der Waals surface area contributed by atoms with Crippen LogP contribution in [0.25, 0.3) is 5.13 Å². The predicted octanol–water partition coefficient (Wildman–Crippen LogP) is 1.15. The molecular weight excluding hydrogens is 264 g/mol. The number of nitrogens with two attached hydrogens (primary N) is 1. The van der Waals surface area contributed by atoms with Crippen molar-refractivity contribution < 1.29 is 9.90 Å². The zero-order valence-corrected chi connectivity index (χ0v) is 11.3. The number of aryl methyl sites for hydroxylation is 2. The van der Waals surface area contributed by atoms with Crippen LogP contribution in [0.4, 0.5) is 0 Å². The number of carbonyl (C=O) groups is 1. The number of aromatic nitrogens is 3. The molecule has 2 heterocycles. The van der Waals surface area contributed by atoms with E-state index in [-0.39, 0.29) is 10.9 Å². The molecule has 0 aromatic carbocycles. The van der Waals surface area contributed by atoms with Gasteiger partial charge in [0.15, 0.2) is 0 Å². The number of carboxylic acid groups (broad SMARTS) is 1. The first-order valence-corrected chi connectivity index (χ1v) is 6.90. The van der Waals surface area contributed by atoms with Gasteiger partial charge in [0.05, 0.1) is 11.4 Å². The van der Waals surface area contributed by atoms with Crippen LogP contribution in [0.3, 0.4) is 0 Å². The lowest BCUT2D eigenvalue weighted by Gasteiger charge is -2.15. The molecule has 0 amide bonds. The van der Waals surface area contributed by atoms with Gasteiger partial charge in [0.1, 0.15) is 4.88 Å². The summed E-state index contributed by atoms with van der Waals surface area (Å²) in [7, 11) is 0. The minimum atomic E-state index is -0.944. The van der Waals surface area contributed by atoms with E-state index in [1.54, 1.807) is 11.6 Å². The van der Waals surface area contributed by atoms with Crippen molar-refractivity contribution in [1.29, 1.82) is 0 Å². The number of carboxylic acids is 1. The van der Waals surface area contributed by atoms with Crippen LogP contribution in [0, 0.1) is 6.92 Å². The Morgan fingerprint density at radius 1 is 1.63 bits per heavy atom. The second-order valence-electron chi connectivity index (χ2n) is 4.76. The minimum absolute atomic E-state index is 0.192. The highest BCUT2D eigenvalue weighted by molar-refractivity contribution is 7.16. The number of aromatic carboxylic acids is 1. The van der Waals surface area contributed by atoms with Crippen LogP contribution >= 0.6 is 11.3 Å². The molecule has 1 aliphatic carbocycles. The SMILES string of the molecule is Cc1nc(-n2cc3c(n2)CCC(N)C3)sc1C(=O)O. The first-order chi connectivity index (χ1) is 9.04. The topological polar surface area (TPSA) is 94.0 Å². The Balaban J connectivity index is 1.99. The van der Waals surface area contributed by atoms with Crippen molar-refractivity contribution in [1.82, 2.24) is 14.8 Å². The highest BCUT2D eigenvalue weighted by Crippen LogP contribution is 2.25. The van der Waals surface area contributed by atoms with Gasteiger partial charge in [-0.3, -0.25) is 0 Å². The number of fused-ring (bicyclic) bond motifs is 1. The monoisotopic (exact) mass is 278 g/mol. The Kier molecular flexibility index (Phi) is 2.87. The Labute approximate surface area is 113 Å². The third kappa shape index (κ3) is 2.15. The quantitative estimate of drug-likeness (QED) is 0.859. The van der Waals surface area contributed by atoms with Crippen molar-refractivity contribution in [3.05, 3.63) is 28.0 Å². The van der Waals surface area contributed by atoms with Crippen molar-refractivity contribution in [3.8, 4) is 5.13 Å². The minimum Gasteiger partial charge on any atom is -0.477 e. The van der Waals surface area contributed by atoms with Gasteiger partial charge in [0.25, 0.3) is 0 Å². The Morgan fingerprint density at radius 3 is 3.11 bits per heavy atom. The molecule has 0 spiro atoms. The average Bonchev–Trinajstić information content (AvgIpc) is 2.91. The summed E-state index contributed by atoms with van der Waals surface area (Å²) in [4.78, 5) is 15.6. The summed E-state index contributed by atoms with van der Waals surface area (Å²) < 4.78 is 1.67. The fourth-order valence-corrected chi connectivity index (χ4v) is 3.14. The van der Waals surface area contributed by atoms with Crippen LogP contribution in [-0.2, 0) is 12.8 Å². The molecule has 19 heavy (non-hydrogen) atoms. The summed E-state index contributed by atoms with van der Waals surface area (Å²) >= 11 is 1.14. The van der Waals surface area contributed by atoms with Crippen LogP contribution in [0.2, 0.25) is 0 Å². The molecule has 0 fully saturated rings. The van der Waals surface area contributed by atoms with E-state index in [1.807, 2.05) is 6.20 Å². The van der Waals surface area contributed by atoms with Gasteiger partial charge in [-0.15, -0.1) is 0 Å². The molecule has 7 heteroatoms. The molecule has 0 aliphatic heterocycles. The Hall–Kier alpha value is -1.73. The predicted molar refractivity (Wildman–Crippen MR) is 70.9 cm³/mol. The molecule has 0 saturated carbocycles. The highest BCUT2D eigenvalue weighted by atomic mass is 32.1. The van der Waals surface area contributed by atoms with Gasteiger partial charge in [-0.05, 0) is 31.7 Å². The standard InChI is InChI=1S/C12H14N4O2S/c1-6-10(11(17)18)19-12(14-6)16-5-7-4-8(13)2-3-9(7)15-16/h5,8H,2-4,13H2,1H3,(H,17,18). The molecule has 0 bridgehead atoms. The fraction of sp³-hybridized carbons (Fsp3) is 0.417. The molecule has 1 aliphatic rings. The smallest absolute Gasteiger partial charge is 0.347 e. The molecule has 2 aromatic heterocycles. The first kappa shape index (κ1) is 12.3. The Morgan fingerprint density at radius 2 is 2.42 bits per heavy atom. The third-order valence-electron chi connectivity index (χ3n) is 3.29. The number of thiazole rings is 1. The lowest BCUT2D eigenvalue weighted by atomic mass is 9.94. The van der Waals surface area contributed by atoms with E-state index in [1.165, 1.54) is 0 Å². The van der Waals surface area contributed by atoms with E-state index in [9.17, 15) is 4.79 Å². The fourth-order valence-electron chi connectivity index (χ4n) is 2.31. The summed E-state index contributed by atoms with van der Waals surface area (Å²) in [6.07, 6.45) is 4.56. The second-order valence-corrected chi connectivity index (χ2v) is 5.74. The van der Waals surface area contributed by atoms with E-state index < -0.39 is 5.97 Å². The van der Waals surface area contributed by atoms with E-state index >= 15 is 0 Å². The van der Waals surface area contributed by atoms with Crippen LogP contribution in [0.5, 0.6) is 0 Å². The van der Waals surface area contributed by atoms with E-state index in [4.69, 9.17) is 10.8 Å². The van der Waals surface area contributed by atoms with E-state index in [0.717, 1.165) is 41.9 Å². The lowest BCUT2D eigenvalue weighted by Crippen LogP contribution is -2.27. The maximum absolute atomic E-state index is 11.0.